The molecule has 0 saturated carbocycles. The van der Waals surface area contributed by atoms with Gasteiger partial charge in [0.15, 0.2) is 11.5 Å². The number of rotatable bonds is 22. The second-order valence-electron chi connectivity index (χ2n) is 32.4. The lowest BCUT2D eigenvalue weighted by molar-refractivity contribution is -0.385. The SMILES string of the molecule is CC.CC.CC1=C(/C=C/C(C)=C/C=C/C(C)=C/C(=O)Nc2ccc(C)cc2C)C(C)(C)CCC1.CC1=C(/C=C/C(C)=C/C=C/C(C)=C/C(=O)Nc2ccc(O)cc2C)C(C)(C)CCC1.CC1=C(/C=C/C(C)=C/C=C/C(C)CC(=O)O)C(C)(C)CCC1.COc1ccc([N+](=O)[O-])cc1ON.Cc1ccc(N)cc1C.Cc1ccc([N+](=O)[O-])cc1C. The number of nitrogen functional groups attached to an aromatic ring is 1. The van der Waals surface area contributed by atoms with E-state index in [-0.39, 0.29) is 68.2 Å². The number of amides is 2. The number of carboxylic acid groups (broad SMARTS) is 1. The van der Waals surface area contributed by atoms with E-state index in [2.05, 4.69) is 167 Å². The van der Waals surface area contributed by atoms with Crippen LogP contribution in [0, 0.1) is 90.9 Å². The lowest BCUT2D eigenvalue weighted by Crippen LogP contribution is -2.19. The van der Waals surface area contributed by atoms with E-state index in [1.54, 1.807) is 42.5 Å². The topological polar surface area (TPSA) is 273 Å². The van der Waals surface area contributed by atoms with Crippen LogP contribution in [0.3, 0.4) is 0 Å². The first-order chi connectivity index (χ1) is 55.9. The van der Waals surface area contributed by atoms with Crippen LogP contribution in [0.25, 0.3) is 0 Å². The number of aliphatic carboxylic acids is 1. The highest BCUT2D eigenvalue weighted by Gasteiger charge is 2.29. The number of aryl methyl sites for hydroxylation is 7. The maximum atomic E-state index is 12.3. The van der Waals surface area contributed by atoms with Crippen LogP contribution in [0.1, 0.15) is 235 Å². The number of carbonyl (C=O) groups is 3. The van der Waals surface area contributed by atoms with Crippen molar-refractivity contribution in [2.75, 3.05) is 23.5 Å². The third-order valence-electron chi connectivity index (χ3n) is 20.4. The lowest BCUT2D eigenvalue weighted by Gasteiger charge is -2.33. The molecule has 5 aromatic rings. The van der Waals surface area contributed by atoms with Gasteiger partial charge < -0.3 is 36.2 Å². The Bertz CT molecular complexity index is 4510. The Labute approximate surface area is 714 Å². The third kappa shape index (κ3) is 40.7. The molecule has 3 aliphatic rings. The molecule has 1 unspecified atom stereocenters. The zero-order valence-corrected chi connectivity index (χ0v) is 76.7. The van der Waals surface area contributed by atoms with E-state index in [9.17, 15) is 39.7 Å². The number of allylic oxidation sites excluding steroid dienone is 26. The van der Waals surface area contributed by atoms with Crippen LogP contribution < -0.4 is 31.8 Å². The molecule has 646 valence electrons. The molecule has 3 aliphatic carbocycles. The van der Waals surface area contributed by atoms with E-state index in [1.165, 1.54) is 156 Å². The van der Waals surface area contributed by atoms with Crippen LogP contribution >= 0.6 is 0 Å². The Balaban J connectivity index is 0.000000742. The minimum atomic E-state index is -0.750. The number of hydrogen-bond acceptors (Lipinski definition) is 12. The summed E-state index contributed by atoms with van der Waals surface area (Å²) in [5.74, 6) is 4.59. The Morgan fingerprint density at radius 3 is 1.24 bits per heavy atom. The maximum absolute atomic E-state index is 12.3. The van der Waals surface area contributed by atoms with E-state index in [4.69, 9.17) is 21.5 Å². The van der Waals surface area contributed by atoms with Gasteiger partial charge in [-0.2, -0.15) is 5.90 Å². The largest absolute Gasteiger partial charge is 0.508 e. The van der Waals surface area contributed by atoms with E-state index in [1.807, 2.05) is 156 Å². The zero-order chi connectivity index (χ0) is 90.5. The molecule has 0 heterocycles. The molecule has 8 rings (SSSR count). The van der Waals surface area contributed by atoms with Gasteiger partial charge in [0.2, 0.25) is 11.8 Å². The van der Waals surface area contributed by atoms with E-state index >= 15 is 0 Å². The first kappa shape index (κ1) is 106. The summed E-state index contributed by atoms with van der Waals surface area (Å²) in [6, 6.07) is 25.6. The van der Waals surface area contributed by atoms with Crippen LogP contribution in [0.2, 0.25) is 0 Å². The minimum absolute atomic E-state index is 0.0627. The van der Waals surface area contributed by atoms with Gasteiger partial charge in [-0.15, -0.1) is 0 Å². The first-order valence-corrected chi connectivity index (χ1v) is 41.4. The summed E-state index contributed by atoms with van der Waals surface area (Å²) < 4.78 is 4.84. The molecular weight excluding hydrogens is 1490 g/mol. The van der Waals surface area contributed by atoms with Crippen LogP contribution in [0.15, 0.2) is 256 Å². The number of aromatic hydroxyl groups is 1. The Morgan fingerprint density at radius 1 is 0.496 bits per heavy atom. The molecule has 0 bridgehead atoms. The fraction of sp³-hybridized carbons (Fsp3) is 0.402. The smallest absolute Gasteiger partial charge is 0.303 e. The molecule has 0 saturated heterocycles. The second-order valence-corrected chi connectivity index (χ2v) is 32.4. The standard InChI is InChI=1S/C28H37NO.C27H35NO2.C20H30O2.C8H9NO2.C8H11N.C7H8N2O4.2C2H6/c1-20(13-15-25-23(4)12-9-17-28(25,6)7)10-8-11-21(2)19-27(30)29-26-16-14-22(3)18-24(26)5;1-19(12-14-24-21(3)11-8-16-27(24,5)6)9-7-10-20(2)17-26(30)28-25-15-13-23(29)18-22(25)4;1-15(8-6-9-16(2)14-19(21)22)11-12-18-17(3)10-7-13-20(18,4)5;1-6-3-4-8(9(10)11)5-7(6)2;1-6-3-4-8(9)5-7(6)2;1-12-6-3-2-5(9(10)11)4-7(6)13-8;2*1-2/h8,10-11,13-16,18-19H,9,12,17H2,1-7H3,(H,29,30);7,9-10,12-15,17-18,29H,8,11,16H2,1-6H3,(H,28,30);6,8-9,11-12,16H,7,10,13-14H2,1-5H3,(H,21,22);3-5H,1-2H3;3-5H,9H2,1-2H3;2-4H,8H2,1H3;2*1-2H3/b11-8+,15-13+,20-10+,21-19+;10-7+,14-12+,19-9+,20-17+;9-6+,12-11+,15-8+;;;;;. The van der Waals surface area contributed by atoms with Crippen molar-refractivity contribution in [3.8, 4) is 17.2 Å². The molecule has 2 amide bonds. The fourth-order valence-corrected chi connectivity index (χ4v) is 13.4. The van der Waals surface area contributed by atoms with Gasteiger partial charge in [-0.05, 0) is 288 Å². The van der Waals surface area contributed by atoms with Crippen molar-refractivity contribution in [3.63, 3.8) is 0 Å². The van der Waals surface area contributed by atoms with Gasteiger partial charge in [-0.25, -0.2) is 0 Å². The lowest BCUT2D eigenvalue weighted by atomic mass is 9.72. The molecule has 119 heavy (non-hydrogen) atoms. The molecule has 0 aromatic heterocycles. The van der Waals surface area contributed by atoms with E-state index in [0.29, 0.717) is 11.4 Å². The molecule has 5 aromatic carbocycles. The molecule has 8 N–H and O–H groups in total. The van der Waals surface area contributed by atoms with E-state index in [0.717, 1.165) is 44.8 Å². The summed E-state index contributed by atoms with van der Waals surface area (Å²) in [6.07, 6.45) is 45.9. The summed E-state index contributed by atoms with van der Waals surface area (Å²) in [4.78, 5) is 59.2. The number of nitrogens with one attached hydrogen (secondary N) is 2. The average Bonchev–Trinajstić information content (AvgIpc) is 0.826. The van der Waals surface area contributed by atoms with Gasteiger partial charge in [0, 0.05) is 47.4 Å². The van der Waals surface area contributed by atoms with Gasteiger partial charge in [0.25, 0.3) is 11.4 Å². The Morgan fingerprint density at radius 2 is 0.882 bits per heavy atom. The minimum Gasteiger partial charge on any atom is -0.508 e. The average molecular weight is 1630 g/mol. The molecular formula is C102H142N6O11. The predicted octanol–water partition coefficient (Wildman–Crippen LogP) is 27.6. The van der Waals surface area contributed by atoms with Gasteiger partial charge >= 0.3 is 5.97 Å². The number of hydrogen-bond donors (Lipinski definition) is 6. The normalized spacial score (nSPS) is 15.6. The van der Waals surface area contributed by atoms with Crippen molar-refractivity contribution >= 4 is 46.2 Å². The van der Waals surface area contributed by atoms with Crippen molar-refractivity contribution in [2.45, 2.75) is 244 Å². The van der Waals surface area contributed by atoms with Crippen molar-refractivity contribution in [1.29, 1.82) is 0 Å². The number of methoxy groups -OCH3 is 1. The van der Waals surface area contributed by atoms with Crippen LogP contribution in [0.5, 0.6) is 17.2 Å². The summed E-state index contributed by atoms with van der Waals surface area (Å²) >= 11 is 0. The van der Waals surface area contributed by atoms with Gasteiger partial charge in [-0.1, -0.05) is 231 Å². The number of benzene rings is 5. The molecule has 1 atom stereocenters. The highest BCUT2D eigenvalue weighted by molar-refractivity contribution is 6.01. The predicted molar refractivity (Wildman–Crippen MR) is 502 cm³/mol. The molecule has 0 spiro atoms. The summed E-state index contributed by atoms with van der Waals surface area (Å²) in [6.45, 7) is 54.6. The van der Waals surface area contributed by atoms with Gasteiger partial charge in [-0.3, -0.25) is 34.6 Å². The van der Waals surface area contributed by atoms with Crippen molar-refractivity contribution in [2.24, 2.45) is 28.1 Å². The van der Waals surface area contributed by atoms with Crippen LogP contribution in [-0.2, 0) is 14.4 Å². The second kappa shape index (κ2) is 54.0. The highest BCUT2D eigenvalue weighted by atomic mass is 16.6. The van der Waals surface area contributed by atoms with Crippen molar-refractivity contribution in [3.05, 3.63) is 315 Å². The Kier molecular flexibility index (Phi) is 48.0. The van der Waals surface area contributed by atoms with Crippen molar-refractivity contribution < 1.29 is 44.0 Å². The number of nitro benzene ring substituents is 2. The molecule has 0 fully saturated rings. The van der Waals surface area contributed by atoms with Crippen molar-refractivity contribution in [1.82, 2.24) is 0 Å². The first-order valence-electron chi connectivity index (χ1n) is 41.4. The number of phenolic OH excluding ortho intramolecular Hbond substituents is 1. The highest BCUT2D eigenvalue weighted by Crippen LogP contribution is 2.43. The number of carbonyl (C=O) groups excluding carboxylic acids is 2. The van der Waals surface area contributed by atoms with Crippen LogP contribution in [0.4, 0.5) is 28.4 Å². The zero-order valence-electron chi connectivity index (χ0n) is 76.7. The van der Waals surface area contributed by atoms with E-state index < -0.39 is 10.9 Å². The number of carboxylic acids is 1. The quantitative estimate of drug-likeness (QED) is 0.00941. The number of non-ortho nitro benzene ring substituents is 2. The fourth-order valence-electron chi connectivity index (χ4n) is 13.4. The monoisotopic (exact) mass is 1630 g/mol. The van der Waals surface area contributed by atoms with Gasteiger partial charge in [0.05, 0.1) is 29.4 Å². The summed E-state index contributed by atoms with van der Waals surface area (Å²) in [7, 11) is 1.42. The molecule has 0 aliphatic heterocycles. The molecule has 0 radical (unpaired) electrons. The number of nitrogens with two attached hydrogens (primary N) is 2. The number of ether oxygens (including phenoxy) is 1. The molecule has 17 heteroatoms. The molecule has 17 nitrogen and oxygen atoms in total. The third-order valence-corrected chi connectivity index (χ3v) is 20.4. The number of anilines is 3. The number of nitro groups is 2. The Hall–Kier alpha value is -11.2. The summed E-state index contributed by atoms with van der Waals surface area (Å²) in [5.41, 5.74) is 30.7. The van der Waals surface area contributed by atoms with Crippen LogP contribution in [-0.4, -0.2) is 45.0 Å². The number of phenols is 1. The number of nitrogens with zero attached hydrogens (tertiary/aromatic N) is 2. The van der Waals surface area contributed by atoms with Gasteiger partial charge in [0.1, 0.15) is 5.75 Å². The maximum Gasteiger partial charge on any atom is 0.303 e. The summed E-state index contributed by atoms with van der Waals surface area (Å²) in [5, 5.41) is 44.6.